The van der Waals surface area contributed by atoms with Gasteiger partial charge >= 0.3 is 5.97 Å². The number of rotatable bonds is 5. The number of nitrogens with zero attached hydrogens (tertiary/aromatic N) is 1. The van der Waals surface area contributed by atoms with Gasteiger partial charge in [0.15, 0.2) is 0 Å². The van der Waals surface area contributed by atoms with Crippen LogP contribution in [0.1, 0.15) is 12.0 Å². The zero-order valence-corrected chi connectivity index (χ0v) is 14.5. The molecule has 0 bridgehead atoms. The number of methoxy groups -OCH3 is 1. The Morgan fingerprint density at radius 2 is 2.00 bits per heavy atom. The van der Waals surface area contributed by atoms with Crippen LogP contribution in [0.2, 0.25) is 5.02 Å². The fourth-order valence-corrected chi connectivity index (χ4v) is 3.01. The lowest BCUT2D eigenvalue weighted by Crippen LogP contribution is -2.26. The first kappa shape index (κ1) is 17.3. The Bertz CT molecular complexity index is 775. The van der Waals surface area contributed by atoms with E-state index in [1.165, 1.54) is 7.11 Å². The molecule has 1 saturated heterocycles. The van der Waals surface area contributed by atoms with Crippen LogP contribution in [-0.2, 0) is 20.9 Å². The molecule has 0 spiro atoms. The average molecular weight is 360 g/mol. The second-order valence-corrected chi connectivity index (χ2v) is 6.28. The van der Waals surface area contributed by atoms with Crippen molar-refractivity contribution in [2.45, 2.75) is 13.0 Å². The number of benzene rings is 2. The number of hydrogen-bond acceptors (Lipinski definition) is 4. The van der Waals surface area contributed by atoms with Gasteiger partial charge < -0.3 is 14.4 Å². The molecule has 1 aliphatic heterocycles. The molecule has 0 radical (unpaired) electrons. The van der Waals surface area contributed by atoms with Crippen LogP contribution >= 0.6 is 11.6 Å². The fraction of sp³-hybridized carbons (Fsp3) is 0.263. The minimum absolute atomic E-state index is 0.0806. The van der Waals surface area contributed by atoms with Crippen LogP contribution in [0.25, 0.3) is 0 Å². The Balaban J connectivity index is 1.62. The SMILES string of the molecule is COC(=O)[C@H]1CC(=O)N(c2ccc(OCc3cccc(Cl)c3)cc2)C1. The van der Waals surface area contributed by atoms with Crippen LogP contribution in [0.15, 0.2) is 48.5 Å². The summed E-state index contributed by atoms with van der Waals surface area (Å²) in [4.78, 5) is 25.3. The topological polar surface area (TPSA) is 55.8 Å². The molecule has 1 aliphatic rings. The summed E-state index contributed by atoms with van der Waals surface area (Å²) in [6, 6.07) is 14.7. The van der Waals surface area contributed by atoms with Crippen molar-refractivity contribution in [1.82, 2.24) is 0 Å². The van der Waals surface area contributed by atoms with E-state index >= 15 is 0 Å². The van der Waals surface area contributed by atoms with Crippen molar-refractivity contribution in [3.8, 4) is 5.75 Å². The third kappa shape index (κ3) is 4.12. The van der Waals surface area contributed by atoms with Crippen molar-refractivity contribution in [3.05, 3.63) is 59.1 Å². The van der Waals surface area contributed by atoms with Gasteiger partial charge in [0.25, 0.3) is 0 Å². The van der Waals surface area contributed by atoms with Crippen molar-refractivity contribution < 1.29 is 19.1 Å². The molecule has 0 aliphatic carbocycles. The molecular weight excluding hydrogens is 342 g/mol. The number of ether oxygens (including phenoxy) is 2. The van der Waals surface area contributed by atoms with E-state index in [0.717, 1.165) is 11.3 Å². The van der Waals surface area contributed by atoms with E-state index in [4.69, 9.17) is 21.1 Å². The summed E-state index contributed by atoms with van der Waals surface area (Å²) < 4.78 is 10.5. The van der Waals surface area contributed by atoms with E-state index in [-0.39, 0.29) is 18.3 Å². The van der Waals surface area contributed by atoms with E-state index in [2.05, 4.69) is 0 Å². The minimum atomic E-state index is -0.406. The van der Waals surface area contributed by atoms with Crippen LogP contribution < -0.4 is 9.64 Å². The number of anilines is 1. The Morgan fingerprint density at radius 1 is 1.24 bits per heavy atom. The Hall–Kier alpha value is -2.53. The van der Waals surface area contributed by atoms with Gasteiger partial charge in [-0.25, -0.2) is 0 Å². The molecule has 0 unspecified atom stereocenters. The Morgan fingerprint density at radius 3 is 2.68 bits per heavy atom. The molecule has 0 saturated carbocycles. The van der Waals surface area contributed by atoms with Crippen LogP contribution in [-0.4, -0.2) is 25.5 Å². The Kier molecular flexibility index (Phi) is 5.24. The third-order valence-corrected chi connectivity index (χ3v) is 4.34. The highest BCUT2D eigenvalue weighted by molar-refractivity contribution is 6.30. The van der Waals surface area contributed by atoms with E-state index in [1.807, 2.05) is 36.4 Å². The lowest BCUT2D eigenvalue weighted by atomic mass is 10.1. The third-order valence-electron chi connectivity index (χ3n) is 4.10. The molecule has 2 aromatic carbocycles. The van der Waals surface area contributed by atoms with Crippen molar-refractivity contribution in [1.29, 1.82) is 0 Å². The summed E-state index contributed by atoms with van der Waals surface area (Å²) in [6.07, 6.45) is 0.180. The molecule has 1 amide bonds. The van der Waals surface area contributed by atoms with Gasteiger partial charge in [0.05, 0.1) is 13.0 Å². The highest BCUT2D eigenvalue weighted by atomic mass is 35.5. The predicted octanol–water partition coefficient (Wildman–Crippen LogP) is 3.44. The largest absolute Gasteiger partial charge is 0.489 e. The number of hydrogen-bond donors (Lipinski definition) is 0. The molecule has 1 atom stereocenters. The maximum absolute atomic E-state index is 12.1. The monoisotopic (exact) mass is 359 g/mol. The van der Waals surface area contributed by atoms with E-state index in [1.54, 1.807) is 17.0 Å². The molecular formula is C19H18ClNO4. The van der Waals surface area contributed by atoms with Crippen LogP contribution in [0.5, 0.6) is 5.75 Å². The fourth-order valence-electron chi connectivity index (χ4n) is 2.80. The Labute approximate surface area is 151 Å². The average Bonchev–Trinajstić information content (AvgIpc) is 3.01. The highest BCUT2D eigenvalue weighted by Crippen LogP contribution is 2.27. The smallest absolute Gasteiger partial charge is 0.311 e. The lowest BCUT2D eigenvalue weighted by Gasteiger charge is -2.17. The molecule has 1 fully saturated rings. The molecule has 0 N–H and O–H groups in total. The summed E-state index contributed by atoms with van der Waals surface area (Å²) in [5.74, 6) is -0.142. The van der Waals surface area contributed by atoms with Gasteiger partial charge in [0.2, 0.25) is 5.91 Å². The van der Waals surface area contributed by atoms with Gasteiger partial charge in [-0.1, -0.05) is 23.7 Å². The van der Waals surface area contributed by atoms with Gasteiger partial charge in [0, 0.05) is 23.7 Å². The summed E-state index contributed by atoms with van der Waals surface area (Å²) in [5.41, 5.74) is 1.72. The number of amides is 1. The van der Waals surface area contributed by atoms with Crippen molar-refractivity contribution in [3.63, 3.8) is 0 Å². The molecule has 130 valence electrons. The number of carbonyl (C=O) groups excluding carboxylic acids is 2. The van der Waals surface area contributed by atoms with Gasteiger partial charge in [-0.15, -0.1) is 0 Å². The minimum Gasteiger partial charge on any atom is -0.489 e. The second kappa shape index (κ2) is 7.57. The maximum Gasteiger partial charge on any atom is 0.311 e. The summed E-state index contributed by atoms with van der Waals surface area (Å²) in [7, 11) is 1.33. The molecule has 1 heterocycles. The van der Waals surface area contributed by atoms with E-state index in [0.29, 0.717) is 23.9 Å². The summed E-state index contributed by atoms with van der Waals surface area (Å²) in [6.45, 7) is 0.751. The van der Waals surface area contributed by atoms with E-state index < -0.39 is 5.92 Å². The maximum atomic E-state index is 12.1. The zero-order valence-electron chi connectivity index (χ0n) is 13.8. The van der Waals surface area contributed by atoms with Gasteiger partial charge in [0.1, 0.15) is 12.4 Å². The number of esters is 1. The molecule has 0 aromatic heterocycles. The standard InChI is InChI=1S/C19H18ClNO4/c1-24-19(23)14-10-18(22)21(11-14)16-5-7-17(8-6-16)25-12-13-3-2-4-15(20)9-13/h2-9,14H,10-12H2,1H3/t14-/m0/s1. The first-order chi connectivity index (χ1) is 12.1. The second-order valence-electron chi connectivity index (χ2n) is 5.84. The number of carbonyl (C=O) groups is 2. The van der Waals surface area contributed by atoms with Gasteiger partial charge in [-0.2, -0.15) is 0 Å². The van der Waals surface area contributed by atoms with Crippen molar-refractivity contribution in [2.24, 2.45) is 5.92 Å². The molecule has 6 heteroatoms. The summed E-state index contributed by atoms with van der Waals surface area (Å²) in [5, 5.41) is 0.671. The van der Waals surface area contributed by atoms with Crippen LogP contribution in [0, 0.1) is 5.92 Å². The molecule has 3 rings (SSSR count). The lowest BCUT2D eigenvalue weighted by molar-refractivity contribution is -0.145. The molecule has 2 aromatic rings. The highest BCUT2D eigenvalue weighted by Gasteiger charge is 2.35. The summed E-state index contributed by atoms with van der Waals surface area (Å²) >= 11 is 5.95. The first-order valence-corrected chi connectivity index (χ1v) is 8.30. The van der Waals surface area contributed by atoms with Crippen molar-refractivity contribution in [2.75, 3.05) is 18.6 Å². The van der Waals surface area contributed by atoms with E-state index in [9.17, 15) is 9.59 Å². The molecule has 5 nitrogen and oxygen atoms in total. The van der Waals surface area contributed by atoms with Gasteiger partial charge in [-0.3, -0.25) is 9.59 Å². The normalized spacial score (nSPS) is 16.8. The number of halogens is 1. The molecule has 25 heavy (non-hydrogen) atoms. The van der Waals surface area contributed by atoms with Crippen LogP contribution in [0.3, 0.4) is 0 Å². The quantitative estimate of drug-likeness (QED) is 0.767. The van der Waals surface area contributed by atoms with Gasteiger partial charge in [-0.05, 0) is 42.0 Å². The zero-order chi connectivity index (χ0) is 17.8. The first-order valence-electron chi connectivity index (χ1n) is 7.92. The van der Waals surface area contributed by atoms with Crippen LogP contribution in [0.4, 0.5) is 5.69 Å². The van der Waals surface area contributed by atoms with Crippen molar-refractivity contribution >= 4 is 29.2 Å². The predicted molar refractivity (Wildman–Crippen MR) is 94.7 cm³/mol.